The zero-order chi connectivity index (χ0) is 26.2. The van der Waals surface area contributed by atoms with Gasteiger partial charge in [0.1, 0.15) is 11.6 Å². The van der Waals surface area contributed by atoms with E-state index in [4.69, 9.17) is 14.7 Å². The van der Waals surface area contributed by atoms with Crippen molar-refractivity contribution in [1.82, 2.24) is 19.1 Å². The van der Waals surface area contributed by atoms with E-state index < -0.39 is 0 Å². The molecule has 0 aliphatic rings. The Bertz CT molecular complexity index is 1800. The number of carbonyl (C=O) groups is 1. The van der Waals surface area contributed by atoms with Crippen LogP contribution in [0.4, 0.5) is 0 Å². The number of ether oxygens (including phenoxy) is 1. The first-order valence-corrected chi connectivity index (χ1v) is 12.8. The summed E-state index contributed by atoms with van der Waals surface area (Å²) in [6.45, 7) is 2.14. The first kappa shape index (κ1) is 23.7. The number of hydrogen-bond acceptors (Lipinski definition) is 4. The Balaban J connectivity index is 1.63. The number of methoxy groups -OCH3 is 1. The van der Waals surface area contributed by atoms with E-state index in [9.17, 15) is 4.79 Å². The summed E-state index contributed by atoms with van der Waals surface area (Å²) in [5.41, 5.74) is 7.87. The van der Waals surface area contributed by atoms with Crippen molar-refractivity contribution < 1.29 is 9.53 Å². The summed E-state index contributed by atoms with van der Waals surface area (Å²) < 4.78 is 9.53. The highest BCUT2D eigenvalue weighted by atomic mass is 16.5. The van der Waals surface area contributed by atoms with Gasteiger partial charge in [-0.3, -0.25) is 4.57 Å². The molecule has 6 nitrogen and oxygen atoms in total. The van der Waals surface area contributed by atoms with E-state index in [-0.39, 0.29) is 5.97 Å². The fraction of sp³-hybridized carbons (Fsp3) is 0.156. The standard InChI is InChI=1S/C32H28N4O2/c1-4-11-29-33-25-19-18-22(31-34-24-15-8-9-16-26(24)35(31)2)20-28(25)36(29)27-17-10-14-23(30(27)32(37)38-3)21-12-6-5-7-13-21/h5-10,12-20H,4,11H2,1-3H3. The van der Waals surface area contributed by atoms with Crippen molar-refractivity contribution in [3.05, 3.63) is 102 Å². The highest BCUT2D eigenvalue weighted by molar-refractivity contribution is 6.02. The lowest BCUT2D eigenvalue weighted by atomic mass is 9.97. The molecule has 0 unspecified atom stereocenters. The number of rotatable bonds is 6. The Morgan fingerprint density at radius 2 is 1.58 bits per heavy atom. The highest BCUT2D eigenvalue weighted by Crippen LogP contribution is 2.34. The Hall–Kier alpha value is -4.71. The van der Waals surface area contributed by atoms with E-state index in [1.54, 1.807) is 0 Å². The Morgan fingerprint density at radius 3 is 2.34 bits per heavy atom. The molecule has 0 fully saturated rings. The quantitative estimate of drug-likeness (QED) is 0.231. The van der Waals surface area contributed by atoms with Crippen LogP contribution in [0.3, 0.4) is 0 Å². The van der Waals surface area contributed by atoms with Gasteiger partial charge in [0.2, 0.25) is 0 Å². The number of para-hydroxylation sites is 2. The summed E-state index contributed by atoms with van der Waals surface area (Å²) in [7, 11) is 3.46. The summed E-state index contributed by atoms with van der Waals surface area (Å²) in [4.78, 5) is 23.2. The van der Waals surface area contributed by atoms with Crippen LogP contribution in [-0.4, -0.2) is 32.2 Å². The molecule has 0 saturated carbocycles. The lowest BCUT2D eigenvalue weighted by Gasteiger charge is -2.17. The SMILES string of the molecule is CCCc1nc2ccc(-c3nc4ccccc4n3C)cc2n1-c1cccc(-c2ccccc2)c1C(=O)OC. The molecule has 6 rings (SSSR count). The average Bonchev–Trinajstić information content (AvgIpc) is 3.49. The van der Waals surface area contributed by atoms with Gasteiger partial charge in [0.05, 0.1) is 40.4 Å². The van der Waals surface area contributed by atoms with E-state index in [0.29, 0.717) is 5.56 Å². The van der Waals surface area contributed by atoms with Crippen molar-refractivity contribution >= 4 is 28.0 Å². The van der Waals surface area contributed by atoms with Gasteiger partial charge in [0.25, 0.3) is 0 Å². The van der Waals surface area contributed by atoms with Crippen LogP contribution >= 0.6 is 0 Å². The van der Waals surface area contributed by atoms with Gasteiger partial charge in [-0.1, -0.05) is 61.5 Å². The topological polar surface area (TPSA) is 61.9 Å². The van der Waals surface area contributed by atoms with Crippen LogP contribution in [0.25, 0.3) is 50.3 Å². The number of imidazole rings is 2. The van der Waals surface area contributed by atoms with Crippen molar-refractivity contribution in [3.8, 4) is 28.2 Å². The number of carbonyl (C=O) groups excluding carboxylic acids is 1. The van der Waals surface area contributed by atoms with E-state index in [0.717, 1.165) is 68.9 Å². The Labute approximate surface area is 221 Å². The number of benzene rings is 4. The highest BCUT2D eigenvalue weighted by Gasteiger charge is 2.23. The molecule has 0 amide bonds. The predicted octanol–water partition coefficient (Wildman–Crippen LogP) is 6.99. The molecule has 0 spiro atoms. The molecule has 0 saturated heterocycles. The molecule has 0 N–H and O–H groups in total. The van der Waals surface area contributed by atoms with Crippen LogP contribution in [0.15, 0.2) is 91.0 Å². The van der Waals surface area contributed by atoms with Crippen LogP contribution in [0, 0.1) is 0 Å². The maximum Gasteiger partial charge on any atom is 0.340 e. The molecule has 0 bridgehead atoms. The molecule has 0 atom stereocenters. The van der Waals surface area contributed by atoms with Gasteiger partial charge in [-0.2, -0.15) is 0 Å². The minimum absolute atomic E-state index is 0.379. The van der Waals surface area contributed by atoms with Gasteiger partial charge in [-0.25, -0.2) is 14.8 Å². The van der Waals surface area contributed by atoms with E-state index in [1.807, 2.05) is 79.8 Å². The summed E-state index contributed by atoms with van der Waals surface area (Å²) in [6, 6.07) is 30.2. The molecule has 38 heavy (non-hydrogen) atoms. The first-order valence-electron chi connectivity index (χ1n) is 12.8. The molecule has 6 aromatic rings. The Kier molecular flexibility index (Phi) is 6.00. The minimum Gasteiger partial charge on any atom is -0.465 e. The second kappa shape index (κ2) is 9.63. The van der Waals surface area contributed by atoms with Crippen LogP contribution in [0.2, 0.25) is 0 Å². The van der Waals surface area contributed by atoms with E-state index in [1.165, 1.54) is 7.11 Å². The summed E-state index contributed by atoms with van der Waals surface area (Å²) in [5.74, 6) is 1.40. The molecule has 0 aliphatic carbocycles. The predicted molar refractivity (Wildman–Crippen MR) is 152 cm³/mol. The van der Waals surface area contributed by atoms with Crippen molar-refractivity contribution in [3.63, 3.8) is 0 Å². The molecular weight excluding hydrogens is 472 g/mol. The molecule has 0 radical (unpaired) electrons. The fourth-order valence-corrected chi connectivity index (χ4v) is 5.23. The van der Waals surface area contributed by atoms with Gasteiger partial charge in [-0.15, -0.1) is 0 Å². The van der Waals surface area contributed by atoms with Gasteiger partial charge >= 0.3 is 5.97 Å². The monoisotopic (exact) mass is 500 g/mol. The Morgan fingerprint density at radius 1 is 0.816 bits per heavy atom. The summed E-state index contributed by atoms with van der Waals surface area (Å²) >= 11 is 0. The second-order valence-electron chi connectivity index (χ2n) is 9.36. The molecule has 2 heterocycles. The molecule has 4 aromatic carbocycles. The third-order valence-corrected chi connectivity index (χ3v) is 7.00. The van der Waals surface area contributed by atoms with Gasteiger partial charge in [-0.05, 0) is 53.9 Å². The molecular formula is C32H28N4O2. The third-order valence-electron chi connectivity index (χ3n) is 7.00. The van der Waals surface area contributed by atoms with Crippen LogP contribution in [-0.2, 0) is 18.2 Å². The zero-order valence-corrected chi connectivity index (χ0v) is 21.7. The molecule has 6 heteroatoms. The minimum atomic E-state index is -0.379. The summed E-state index contributed by atoms with van der Waals surface area (Å²) in [6.07, 6.45) is 1.69. The number of aromatic nitrogens is 4. The van der Waals surface area contributed by atoms with Gasteiger partial charge in [0, 0.05) is 19.0 Å². The maximum atomic E-state index is 13.3. The van der Waals surface area contributed by atoms with Crippen LogP contribution in [0.1, 0.15) is 29.5 Å². The largest absolute Gasteiger partial charge is 0.465 e. The molecule has 188 valence electrons. The number of esters is 1. The smallest absolute Gasteiger partial charge is 0.340 e. The van der Waals surface area contributed by atoms with Crippen molar-refractivity contribution in [2.75, 3.05) is 7.11 Å². The van der Waals surface area contributed by atoms with E-state index in [2.05, 4.69) is 34.3 Å². The third kappa shape index (κ3) is 3.86. The normalized spacial score (nSPS) is 11.3. The number of nitrogens with zero attached hydrogens (tertiary/aromatic N) is 4. The number of fused-ring (bicyclic) bond motifs is 2. The van der Waals surface area contributed by atoms with E-state index >= 15 is 0 Å². The van der Waals surface area contributed by atoms with Crippen molar-refractivity contribution in [2.24, 2.45) is 7.05 Å². The number of hydrogen-bond donors (Lipinski definition) is 0. The lowest BCUT2D eigenvalue weighted by Crippen LogP contribution is -2.12. The molecule has 0 aliphatic heterocycles. The first-order chi connectivity index (χ1) is 18.6. The number of aryl methyl sites for hydroxylation is 2. The molecule has 2 aromatic heterocycles. The van der Waals surface area contributed by atoms with Gasteiger partial charge in [0.15, 0.2) is 0 Å². The summed E-state index contributed by atoms with van der Waals surface area (Å²) in [5, 5.41) is 0. The van der Waals surface area contributed by atoms with Gasteiger partial charge < -0.3 is 9.30 Å². The maximum absolute atomic E-state index is 13.3. The lowest BCUT2D eigenvalue weighted by molar-refractivity contribution is 0.0601. The van der Waals surface area contributed by atoms with Crippen LogP contribution in [0.5, 0.6) is 0 Å². The zero-order valence-electron chi connectivity index (χ0n) is 21.7. The van der Waals surface area contributed by atoms with Crippen molar-refractivity contribution in [2.45, 2.75) is 19.8 Å². The fourth-order valence-electron chi connectivity index (χ4n) is 5.23. The van der Waals surface area contributed by atoms with Crippen molar-refractivity contribution in [1.29, 1.82) is 0 Å². The average molecular weight is 501 g/mol. The second-order valence-corrected chi connectivity index (χ2v) is 9.36. The van der Waals surface area contributed by atoms with Crippen LogP contribution < -0.4 is 0 Å².